The van der Waals surface area contributed by atoms with Gasteiger partial charge in [-0.1, -0.05) is 30.7 Å². The van der Waals surface area contributed by atoms with Crippen LogP contribution in [0.3, 0.4) is 0 Å². The van der Waals surface area contributed by atoms with Crippen molar-refractivity contribution in [1.82, 2.24) is 5.32 Å². The number of hydrogen-bond acceptors (Lipinski definition) is 2. The van der Waals surface area contributed by atoms with Crippen LogP contribution in [0.4, 0.5) is 0 Å². The van der Waals surface area contributed by atoms with Gasteiger partial charge in [-0.05, 0) is 24.1 Å². The van der Waals surface area contributed by atoms with Gasteiger partial charge in [-0.15, -0.1) is 12.3 Å². The topological polar surface area (TPSA) is 32.3 Å². The molecule has 0 spiro atoms. The van der Waals surface area contributed by atoms with Gasteiger partial charge in [-0.2, -0.15) is 0 Å². The van der Waals surface area contributed by atoms with Gasteiger partial charge in [0, 0.05) is 24.0 Å². The first kappa shape index (κ1) is 14.1. The number of hydrogen-bond donors (Lipinski definition) is 2. The van der Waals surface area contributed by atoms with E-state index in [4.69, 9.17) is 18.0 Å². The highest BCUT2D eigenvalue weighted by Crippen LogP contribution is 2.16. The lowest BCUT2D eigenvalue weighted by molar-refractivity contribution is 0.169. The number of rotatable bonds is 6. The molecular weight excluding hydrogens is 234 g/mol. The van der Waals surface area contributed by atoms with E-state index < -0.39 is 6.10 Å². The second kappa shape index (κ2) is 7.34. The van der Waals surface area contributed by atoms with E-state index in [0.717, 1.165) is 12.0 Å². The van der Waals surface area contributed by atoms with Crippen molar-refractivity contribution < 1.29 is 5.11 Å². The molecule has 3 heteroatoms. The minimum absolute atomic E-state index is 0.266. The Labute approximate surface area is 108 Å². The fourth-order valence-electron chi connectivity index (χ4n) is 1.58. The van der Waals surface area contributed by atoms with Crippen molar-refractivity contribution in [3.8, 4) is 12.3 Å². The van der Waals surface area contributed by atoms with Crippen molar-refractivity contribution in [2.24, 2.45) is 0 Å². The van der Waals surface area contributed by atoms with Crippen LogP contribution in [0.25, 0.3) is 0 Å². The lowest BCUT2D eigenvalue weighted by Gasteiger charge is -2.17. The van der Waals surface area contributed by atoms with Gasteiger partial charge < -0.3 is 10.4 Å². The first-order valence-corrected chi connectivity index (χ1v) is 6.15. The van der Waals surface area contributed by atoms with Crippen LogP contribution in [0.1, 0.15) is 31.4 Å². The smallest absolute Gasteiger partial charge is 0.0914 e. The van der Waals surface area contributed by atoms with Crippen LogP contribution in [0, 0.1) is 12.3 Å². The largest absolute Gasteiger partial charge is 0.387 e. The maximum Gasteiger partial charge on any atom is 0.0914 e. The average Bonchev–Trinajstić information content (AvgIpc) is 2.35. The Morgan fingerprint density at radius 2 is 2.06 bits per heavy atom. The number of benzene rings is 1. The number of terminal acetylenes is 1. The number of nitrogens with one attached hydrogen (secondary N) is 1. The lowest BCUT2D eigenvalue weighted by atomic mass is 10.1. The Hall–Kier alpha value is -1.01. The summed E-state index contributed by atoms with van der Waals surface area (Å²) >= 11 is 5.79. The van der Waals surface area contributed by atoms with Crippen molar-refractivity contribution >= 4 is 11.6 Å². The number of halogens is 1. The van der Waals surface area contributed by atoms with Gasteiger partial charge in [0.2, 0.25) is 0 Å². The molecule has 2 N–H and O–H groups in total. The van der Waals surface area contributed by atoms with E-state index in [1.807, 2.05) is 12.1 Å². The van der Waals surface area contributed by atoms with E-state index in [0.29, 0.717) is 18.0 Å². The molecule has 2 unspecified atom stereocenters. The van der Waals surface area contributed by atoms with Crippen LogP contribution in [0.2, 0.25) is 5.02 Å². The predicted molar refractivity (Wildman–Crippen MR) is 71.9 cm³/mol. The molecule has 1 aromatic carbocycles. The first-order valence-electron chi connectivity index (χ1n) is 5.77. The molecule has 2 atom stereocenters. The van der Waals surface area contributed by atoms with Gasteiger partial charge in [-0.3, -0.25) is 0 Å². The Balaban J connectivity index is 2.46. The quantitative estimate of drug-likeness (QED) is 0.762. The molecule has 92 valence electrons. The van der Waals surface area contributed by atoms with E-state index in [1.54, 1.807) is 12.1 Å². The molecule has 0 radical (unpaired) electrons. The van der Waals surface area contributed by atoms with Gasteiger partial charge in [-0.25, -0.2) is 0 Å². The highest BCUT2D eigenvalue weighted by molar-refractivity contribution is 6.30. The molecule has 1 rings (SSSR count). The zero-order valence-corrected chi connectivity index (χ0v) is 10.7. The third-order valence-electron chi connectivity index (χ3n) is 2.71. The Bertz CT molecular complexity index is 369. The van der Waals surface area contributed by atoms with Gasteiger partial charge in [0.25, 0.3) is 0 Å². The zero-order chi connectivity index (χ0) is 12.7. The van der Waals surface area contributed by atoms with Crippen molar-refractivity contribution in [2.75, 3.05) is 6.54 Å². The molecule has 0 amide bonds. The molecule has 0 saturated carbocycles. The maximum atomic E-state index is 9.97. The van der Waals surface area contributed by atoms with Crippen LogP contribution in [-0.2, 0) is 0 Å². The van der Waals surface area contributed by atoms with Crippen molar-refractivity contribution in [1.29, 1.82) is 0 Å². The minimum Gasteiger partial charge on any atom is -0.387 e. The van der Waals surface area contributed by atoms with Crippen molar-refractivity contribution in [3.05, 3.63) is 34.9 Å². The predicted octanol–water partition coefficient (Wildman–Crippen LogP) is 2.76. The number of aliphatic hydroxyl groups excluding tert-OH is 1. The molecule has 1 aromatic rings. The highest BCUT2D eigenvalue weighted by Gasteiger charge is 2.10. The summed E-state index contributed by atoms with van der Waals surface area (Å²) in [6.45, 7) is 2.57. The van der Waals surface area contributed by atoms with Crippen LogP contribution in [0.5, 0.6) is 0 Å². The standard InChI is InChI=1S/C14H18ClNO/c1-3-5-13(4-2)16-10-14(17)11-6-8-12(15)9-7-11/h1,6-9,13-14,16-17H,4-5,10H2,2H3. The molecule has 0 aliphatic rings. The van der Waals surface area contributed by atoms with E-state index in [2.05, 4.69) is 18.2 Å². The molecule has 0 bridgehead atoms. The summed E-state index contributed by atoms with van der Waals surface area (Å²) in [5.74, 6) is 2.63. The SMILES string of the molecule is C#CCC(CC)NCC(O)c1ccc(Cl)cc1. The van der Waals surface area contributed by atoms with Crippen molar-refractivity contribution in [3.63, 3.8) is 0 Å². The Morgan fingerprint density at radius 1 is 1.41 bits per heavy atom. The van der Waals surface area contributed by atoms with Gasteiger partial charge in [0.05, 0.1) is 6.10 Å². The van der Waals surface area contributed by atoms with Crippen molar-refractivity contribution in [2.45, 2.75) is 31.9 Å². The molecule has 2 nitrogen and oxygen atoms in total. The van der Waals surface area contributed by atoms with Crippen LogP contribution in [0.15, 0.2) is 24.3 Å². The molecule has 0 aliphatic heterocycles. The van der Waals surface area contributed by atoms with E-state index >= 15 is 0 Å². The summed E-state index contributed by atoms with van der Waals surface area (Å²) < 4.78 is 0. The summed E-state index contributed by atoms with van der Waals surface area (Å²) in [6.07, 6.45) is 6.38. The highest BCUT2D eigenvalue weighted by atomic mass is 35.5. The van der Waals surface area contributed by atoms with E-state index in [9.17, 15) is 5.11 Å². The monoisotopic (exact) mass is 251 g/mol. The minimum atomic E-state index is -0.529. The molecule has 0 saturated heterocycles. The fraction of sp³-hybridized carbons (Fsp3) is 0.429. The van der Waals surface area contributed by atoms with Crippen LogP contribution < -0.4 is 5.32 Å². The molecular formula is C14H18ClNO. The summed E-state index contributed by atoms with van der Waals surface area (Å²) in [6, 6.07) is 7.48. The summed E-state index contributed by atoms with van der Waals surface area (Å²) in [5.41, 5.74) is 0.859. The third-order valence-corrected chi connectivity index (χ3v) is 2.96. The summed E-state index contributed by atoms with van der Waals surface area (Å²) in [5, 5.41) is 13.9. The molecule has 0 heterocycles. The molecule has 0 aliphatic carbocycles. The zero-order valence-electron chi connectivity index (χ0n) is 9.99. The fourth-order valence-corrected chi connectivity index (χ4v) is 1.71. The Kier molecular flexibility index (Phi) is 6.07. The average molecular weight is 252 g/mol. The maximum absolute atomic E-state index is 9.97. The number of aliphatic hydroxyl groups is 1. The van der Waals surface area contributed by atoms with Crippen LogP contribution in [-0.4, -0.2) is 17.7 Å². The first-order chi connectivity index (χ1) is 8.17. The lowest BCUT2D eigenvalue weighted by Crippen LogP contribution is -2.32. The van der Waals surface area contributed by atoms with Gasteiger partial charge >= 0.3 is 0 Å². The van der Waals surface area contributed by atoms with E-state index in [-0.39, 0.29) is 6.04 Å². The molecule has 0 aromatic heterocycles. The second-order valence-electron chi connectivity index (χ2n) is 3.99. The van der Waals surface area contributed by atoms with E-state index in [1.165, 1.54) is 0 Å². The van der Waals surface area contributed by atoms with Gasteiger partial charge in [0.1, 0.15) is 0 Å². The van der Waals surface area contributed by atoms with Crippen LogP contribution >= 0.6 is 11.6 Å². The third kappa shape index (κ3) is 4.79. The normalized spacial score (nSPS) is 14.0. The molecule has 0 fully saturated rings. The van der Waals surface area contributed by atoms with Gasteiger partial charge in [0.15, 0.2) is 0 Å². The molecule has 17 heavy (non-hydrogen) atoms. The Morgan fingerprint density at radius 3 is 2.59 bits per heavy atom. The second-order valence-corrected chi connectivity index (χ2v) is 4.43. The summed E-state index contributed by atoms with van der Waals surface area (Å²) in [7, 11) is 0. The summed E-state index contributed by atoms with van der Waals surface area (Å²) in [4.78, 5) is 0.